The number of benzene rings is 2. The number of unbranched alkanes of at least 4 members (excludes halogenated alkanes) is 1. The lowest BCUT2D eigenvalue weighted by Crippen LogP contribution is -2.49. The maximum Gasteiger partial charge on any atom is 0.261 e. The van der Waals surface area contributed by atoms with Crippen molar-refractivity contribution >= 4 is 50.9 Å². The predicted octanol–water partition coefficient (Wildman–Crippen LogP) is 5.47. The van der Waals surface area contributed by atoms with E-state index in [-0.39, 0.29) is 25.0 Å². The second kappa shape index (κ2) is 12.2. The summed E-state index contributed by atoms with van der Waals surface area (Å²) < 4.78 is 6.43. The lowest BCUT2D eigenvalue weighted by molar-refractivity contribution is -0.142. The van der Waals surface area contributed by atoms with Gasteiger partial charge >= 0.3 is 0 Å². The molecule has 2 amide bonds. The molecule has 1 N–H and O–H groups in total. The standard InChI is InChI=1S/C22H25BrCl2N2O3/c1-3-4-10-26-22(29)15(2)27(13-16-6-5-7-18(24)11-16)21(28)14-30-20-9-8-17(23)12-19(20)25/h5-9,11-12,15H,3-4,10,13-14H2,1-2H3,(H,26,29). The fourth-order valence-corrected chi connectivity index (χ4v) is 3.71. The van der Waals surface area contributed by atoms with Crippen LogP contribution in [0, 0.1) is 0 Å². The summed E-state index contributed by atoms with van der Waals surface area (Å²) >= 11 is 15.6. The molecule has 2 aromatic carbocycles. The van der Waals surface area contributed by atoms with Crippen LogP contribution in [0.25, 0.3) is 0 Å². The second-order valence-corrected chi connectivity index (χ2v) is 8.59. The number of nitrogens with one attached hydrogen (secondary N) is 1. The van der Waals surface area contributed by atoms with Gasteiger partial charge in [-0.3, -0.25) is 9.59 Å². The number of ether oxygens (including phenoxy) is 1. The largest absolute Gasteiger partial charge is 0.482 e. The number of nitrogens with zero attached hydrogens (tertiary/aromatic N) is 1. The average Bonchev–Trinajstić information content (AvgIpc) is 2.71. The highest BCUT2D eigenvalue weighted by Gasteiger charge is 2.26. The van der Waals surface area contributed by atoms with Crippen LogP contribution in [0.5, 0.6) is 5.75 Å². The predicted molar refractivity (Wildman–Crippen MR) is 124 cm³/mol. The van der Waals surface area contributed by atoms with Crippen LogP contribution in [-0.4, -0.2) is 35.9 Å². The summed E-state index contributed by atoms with van der Waals surface area (Å²) in [4.78, 5) is 27.1. The molecule has 162 valence electrons. The molecule has 2 aromatic rings. The van der Waals surface area contributed by atoms with Gasteiger partial charge in [-0.2, -0.15) is 0 Å². The summed E-state index contributed by atoms with van der Waals surface area (Å²) in [5.41, 5.74) is 0.825. The smallest absolute Gasteiger partial charge is 0.261 e. The molecule has 0 heterocycles. The Morgan fingerprint density at radius 2 is 1.97 bits per heavy atom. The summed E-state index contributed by atoms with van der Waals surface area (Å²) in [7, 11) is 0. The highest BCUT2D eigenvalue weighted by atomic mass is 79.9. The van der Waals surface area contributed by atoms with Crippen molar-refractivity contribution in [3.63, 3.8) is 0 Å². The van der Waals surface area contributed by atoms with Crippen LogP contribution in [0.4, 0.5) is 0 Å². The van der Waals surface area contributed by atoms with Crippen molar-refractivity contribution in [2.45, 2.75) is 39.3 Å². The molecular formula is C22H25BrCl2N2O3. The summed E-state index contributed by atoms with van der Waals surface area (Å²) in [5.74, 6) is -0.136. The number of carbonyl (C=O) groups is 2. The summed E-state index contributed by atoms with van der Waals surface area (Å²) in [6, 6.07) is 11.7. The van der Waals surface area contributed by atoms with E-state index >= 15 is 0 Å². The van der Waals surface area contributed by atoms with E-state index in [0.717, 1.165) is 22.9 Å². The molecule has 0 fully saturated rings. The molecule has 0 radical (unpaired) electrons. The van der Waals surface area contributed by atoms with Gasteiger partial charge in [-0.05, 0) is 49.2 Å². The Balaban J connectivity index is 2.13. The molecule has 0 spiro atoms. The van der Waals surface area contributed by atoms with E-state index in [9.17, 15) is 9.59 Å². The zero-order chi connectivity index (χ0) is 22.1. The maximum atomic E-state index is 13.0. The quantitative estimate of drug-likeness (QED) is 0.427. The van der Waals surface area contributed by atoms with Gasteiger partial charge in [0, 0.05) is 22.6 Å². The first-order chi connectivity index (χ1) is 14.3. The normalized spacial score (nSPS) is 11.6. The van der Waals surface area contributed by atoms with Crippen molar-refractivity contribution in [2.24, 2.45) is 0 Å². The minimum atomic E-state index is -0.669. The molecule has 1 atom stereocenters. The number of halogens is 3. The van der Waals surface area contributed by atoms with Crippen molar-refractivity contribution < 1.29 is 14.3 Å². The first kappa shape index (κ1) is 24.5. The van der Waals surface area contributed by atoms with Crippen LogP contribution in [0.3, 0.4) is 0 Å². The van der Waals surface area contributed by atoms with Crippen LogP contribution < -0.4 is 10.1 Å². The number of rotatable bonds is 10. The molecule has 8 heteroatoms. The van der Waals surface area contributed by atoms with Gasteiger partial charge in [-0.25, -0.2) is 0 Å². The van der Waals surface area contributed by atoms with Gasteiger partial charge in [0.2, 0.25) is 5.91 Å². The molecule has 1 unspecified atom stereocenters. The van der Waals surface area contributed by atoms with Crippen LogP contribution in [-0.2, 0) is 16.1 Å². The van der Waals surface area contributed by atoms with Crippen LogP contribution in [0.1, 0.15) is 32.3 Å². The van der Waals surface area contributed by atoms with Gasteiger partial charge in [0.05, 0.1) is 5.02 Å². The zero-order valence-corrected chi connectivity index (χ0v) is 20.1. The fourth-order valence-electron chi connectivity index (χ4n) is 2.77. The van der Waals surface area contributed by atoms with Crippen LogP contribution in [0.15, 0.2) is 46.9 Å². The highest BCUT2D eigenvalue weighted by molar-refractivity contribution is 9.10. The van der Waals surface area contributed by atoms with Crippen molar-refractivity contribution in [1.82, 2.24) is 10.2 Å². The van der Waals surface area contributed by atoms with Gasteiger partial charge < -0.3 is 15.0 Å². The molecule has 0 saturated carbocycles. The zero-order valence-electron chi connectivity index (χ0n) is 17.0. The summed E-state index contributed by atoms with van der Waals surface area (Å²) in [6.07, 6.45) is 1.85. The summed E-state index contributed by atoms with van der Waals surface area (Å²) in [5, 5.41) is 3.84. The van der Waals surface area contributed by atoms with E-state index in [0.29, 0.717) is 22.3 Å². The maximum absolute atomic E-state index is 13.0. The molecule has 5 nitrogen and oxygen atoms in total. The van der Waals surface area contributed by atoms with Crippen LogP contribution in [0.2, 0.25) is 10.0 Å². The number of carbonyl (C=O) groups excluding carboxylic acids is 2. The van der Waals surface area contributed by atoms with E-state index in [1.807, 2.05) is 12.1 Å². The molecule has 2 rings (SSSR count). The Morgan fingerprint density at radius 3 is 2.63 bits per heavy atom. The second-order valence-electron chi connectivity index (χ2n) is 6.84. The molecule has 30 heavy (non-hydrogen) atoms. The van der Waals surface area contributed by atoms with E-state index in [2.05, 4.69) is 28.2 Å². The summed E-state index contributed by atoms with van der Waals surface area (Å²) in [6.45, 7) is 4.32. The van der Waals surface area contributed by atoms with Gasteiger partial charge in [-0.15, -0.1) is 0 Å². The Kier molecular flexibility index (Phi) is 9.95. The highest BCUT2D eigenvalue weighted by Crippen LogP contribution is 2.27. The van der Waals surface area contributed by atoms with Crippen LogP contribution >= 0.6 is 39.1 Å². The molecule has 0 saturated heterocycles. The van der Waals surface area contributed by atoms with Crippen molar-refractivity contribution in [3.8, 4) is 5.75 Å². The van der Waals surface area contributed by atoms with E-state index < -0.39 is 6.04 Å². The molecule has 0 aromatic heterocycles. The van der Waals surface area contributed by atoms with Gasteiger partial charge in [0.1, 0.15) is 11.8 Å². The van der Waals surface area contributed by atoms with E-state index in [4.69, 9.17) is 27.9 Å². The molecule has 0 bridgehead atoms. The lowest BCUT2D eigenvalue weighted by atomic mass is 10.1. The molecule has 0 aliphatic rings. The Labute approximate surface area is 195 Å². The third kappa shape index (κ3) is 7.49. The average molecular weight is 516 g/mol. The minimum absolute atomic E-state index is 0.208. The third-order valence-electron chi connectivity index (χ3n) is 4.48. The first-order valence-corrected chi connectivity index (χ1v) is 11.3. The molecule has 0 aliphatic carbocycles. The SMILES string of the molecule is CCCCNC(=O)C(C)N(Cc1cccc(Cl)c1)C(=O)COc1ccc(Br)cc1Cl. The Bertz CT molecular complexity index is 879. The van der Waals surface area contributed by atoms with Crippen molar-refractivity contribution in [1.29, 1.82) is 0 Å². The number of amides is 2. The van der Waals surface area contributed by atoms with Crippen molar-refractivity contribution in [3.05, 3.63) is 62.5 Å². The third-order valence-corrected chi connectivity index (χ3v) is 5.51. The van der Waals surface area contributed by atoms with Gasteiger partial charge in [0.25, 0.3) is 5.91 Å². The van der Waals surface area contributed by atoms with E-state index in [1.165, 1.54) is 4.90 Å². The topological polar surface area (TPSA) is 58.6 Å². The minimum Gasteiger partial charge on any atom is -0.482 e. The number of hydrogen-bond acceptors (Lipinski definition) is 3. The lowest BCUT2D eigenvalue weighted by Gasteiger charge is -2.29. The van der Waals surface area contributed by atoms with E-state index in [1.54, 1.807) is 37.3 Å². The first-order valence-electron chi connectivity index (χ1n) is 9.71. The number of hydrogen-bond donors (Lipinski definition) is 1. The Morgan fingerprint density at radius 1 is 1.20 bits per heavy atom. The Hall–Kier alpha value is -1.76. The molecule has 0 aliphatic heterocycles. The van der Waals surface area contributed by atoms with Gasteiger partial charge in [-0.1, -0.05) is 64.6 Å². The van der Waals surface area contributed by atoms with Crippen molar-refractivity contribution in [2.75, 3.05) is 13.2 Å². The monoisotopic (exact) mass is 514 g/mol. The fraction of sp³-hybridized carbons (Fsp3) is 0.364. The van der Waals surface area contributed by atoms with Gasteiger partial charge in [0.15, 0.2) is 6.61 Å². The molecular weight excluding hydrogens is 491 g/mol.